The predicted molar refractivity (Wildman–Crippen MR) is 136 cm³/mol. The van der Waals surface area contributed by atoms with Gasteiger partial charge in [-0.15, -0.1) is 0 Å². The summed E-state index contributed by atoms with van der Waals surface area (Å²) in [6, 6.07) is 9.86. The number of halogens is 1. The molecule has 1 unspecified atom stereocenters. The molecule has 37 heavy (non-hydrogen) atoms. The van der Waals surface area contributed by atoms with E-state index in [-0.39, 0.29) is 24.8 Å². The number of carbonyl (C=O) groups excluding carboxylic acids is 4. The van der Waals surface area contributed by atoms with E-state index in [1.54, 1.807) is 12.1 Å². The number of morpholine rings is 1. The second-order valence-corrected chi connectivity index (χ2v) is 9.87. The summed E-state index contributed by atoms with van der Waals surface area (Å²) in [7, 11) is 0. The standard InChI is InChI=1S/C26H28ClN5O5/c27-19-9-17(14-31-5-7-37-8-6-31)10-20(12-19)29-26(36)28-13-16-1-2-18-15-32(25(35)21(18)11-16)22-3-4-23(33)30-24(22)34/h1-2,9-12,22H,3-8,13-15H2,(H2,28,29,36)(H,30,33,34). The van der Waals surface area contributed by atoms with Crippen molar-refractivity contribution in [2.75, 3.05) is 31.6 Å². The van der Waals surface area contributed by atoms with Crippen molar-refractivity contribution in [3.8, 4) is 0 Å². The van der Waals surface area contributed by atoms with Crippen LogP contribution in [0.4, 0.5) is 10.5 Å². The van der Waals surface area contributed by atoms with E-state index in [0.717, 1.165) is 36.3 Å². The highest BCUT2D eigenvalue weighted by Crippen LogP contribution is 2.28. The first kappa shape index (κ1) is 25.2. The lowest BCUT2D eigenvalue weighted by atomic mass is 10.0. The molecule has 2 saturated heterocycles. The number of hydrogen-bond acceptors (Lipinski definition) is 6. The van der Waals surface area contributed by atoms with Gasteiger partial charge in [-0.05, 0) is 47.4 Å². The Morgan fingerprint density at radius 3 is 2.68 bits per heavy atom. The summed E-state index contributed by atoms with van der Waals surface area (Å²) in [5.41, 5.74) is 3.67. The fraction of sp³-hybridized carbons (Fsp3) is 0.385. The van der Waals surface area contributed by atoms with Crippen molar-refractivity contribution >= 4 is 41.0 Å². The molecule has 5 amide bonds. The third-order valence-corrected chi connectivity index (χ3v) is 6.99. The smallest absolute Gasteiger partial charge is 0.319 e. The average Bonchev–Trinajstić information content (AvgIpc) is 3.18. The lowest BCUT2D eigenvalue weighted by molar-refractivity contribution is -0.136. The van der Waals surface area contributed by atoms with Gasteiger partial charge in [0.25, 0.3) is 5.91 Å². The monoisotopic (exact) mass is 525 g/mol. The minimum Gasteiger partial charge on any atom is -0.379 e. The zero-order chi connectivity index (χ0) is 25.9. The normalized spacial score (nSPS) is 20.0. The number of urea groups is 1. The summed E-state index contributed by atoms with van der Waals surface area (Å²) in [4.78, 5) is 53.0. The Labute approximate surface area is 219 Å². The molecule has 0 bridgehead atoms. The van der Waals surface area contributed by atoms with Gasteiger partial charge in [0.05, 0.1) is 13.2 Å². The number of anilines is 1. The molecular formula is C26H28ClN5O5. The Hall–Kier alpha value is -3.47. The second-order valence-electron chi connectivity index (χ2n) is 9.44. The van der Waals surface area contributed by atoms with Gasteiger partial charge in [0.1, 0.15) is 6.04 Å². The van der Waals surface area contributed by atoms with Gasteiger partial charge in [-0.3, -0.25) is 24.6 Å². The molecular weight excluding hydrogens is 498 g/mol. The Balaban J connectivity index is 1.17. The zero-order valence-corrected chi connectivity index (χ0v) is 21.0. The molecule has 3 aliphatic rings. The number of amides is 5. The number of fused-ring (bicyclic) bond motifs is 1. The first-order valence-corrected chi connectivity index (χ1v) is 12.6. The molecule has 2 aromatic carbocycles. The summed E-state index contributed by atoms with van der Waals surface area (Å²) in [5.74, 6) is -1.00. The van der Waals surface area contributed by atoms with E-state index in [9.17, 15) is 19.2 Å². The molecule has 11 heteroatoms. The number of carbonyl (C=O) groups is 4. The predicted octanol–water partition coefficient (Wildman–Crippen LogP) is 2.25. The highest BCUT2D eigenvalue weighted by molar-refractivity contribution is 6.31. The molecule has 194 valence electrons. The minimum atomic E-state index is -0.657. The van der Waals surface area contributed by atoms with Crippen LogP contribution >= 0.6 is 11.6 Å². The third kappa shape index (κ3) is 5.93. The average molecular weight is 526 g/mol. The van der Waals surface area contributed by atoms with Crippen LogP contribution in [0.25, 0.3) is 0 Å². The Morgan fingerprint density at radius 2 is 1.89 bits per heavy atom. The first-order chi connectivity index (χ1) is 17.9. The van der Waals surface area contributed by atoms with Gasteiger partial charge >= 0.3 is 6.03 Å². The fourth-order valence-electron chi connectivity index (χ4n) is 4.90. The molecule has 2 aromatic rings. The largest absolute Gasteiger partial charge is 0.379 e. The molecule has 0 saturated carbocycles. The summed E-state index contributed by atoms with van der Waals surface area (Å²) in [6.07, 6.45) is 0.527. The molecule has 0 spiro atoms. The molecule has 5 rings (SSSR count). The van der Waals surface area contributed by atoms with Crippen molar-refractivity contribution in [2.24, 2.45) is 0 Å². The molecule has 10 nitrogen and oxygen atoms in total. The van der Waals surface area contributed by atoms with Crippen LogP contribution in [-0.2, 0) is 34.0 Å². The number of benzene rings is 2. The molecule has 3 N–H and O–H groups in total. The quantitative estimate of drug-likeness (QED) is 0.498. The zero-order valence-electron chi connectivity index (χ0n) is 20.2. The van der Waals surface area contributed by atoms with Crippen LogP contribution in [0.3, 0.4) is 0 Å². The van der Waals surface area contributed by atoms with Gasteiger partial charge in [-0.2, -0.15) is 0 Å². The molecule has 0 radical (unpaired) electrons. The maximum Gasteiger partial charge on any atom is 0.319 e. The number of nitrogens with one attached hydrogen (secondary N) is 3. The van der Waals surface area contributed by atoms with Crippen molar-refractivity contribution in [2.45, 2.75) is 38.5 Å². The molecule has 0 aliphatic carbocycles. The molecule has 2 fully saturated rings. The van der Waals surface area contributed by atoms with Crippen LogP contribution in [0.1, 0.15) is 39.9 Å². The van der Waals surface area contributed by atoms with Crippen LogP contribution < -0.4 is 16.0 Å². The number of imide groups is 1. The van der Waals surface area contributed by atoms with Gasteiger partial charge < -0.3 is 20.3 Å². The summed E-state index contributed by atoms with van der Waals surface area (Å²) in [5, 5.41) is 8.48. The van der Waals surface area contributed by atoms with Crippen molar-refractivity contribution in [3.05, 3.63) is 63.7 Å². The van der Waals surface area contributed by atoms with E-state index in [2.05, 4.69) is 20.9 Å². The first-order valence-electron chi connectivity index (χ1n) is 12.3. The molecule has 0 aromatic heterocycles. The van der Waals surface area contributed by atoms with Crippen LogP contribution in [0.2, 0.25) is 5.02 Å². The topological polar surface area (TPSA) is 120 Å². The van der Waals surface area contributed by atoms with Crippen molar-refractivity contribution in [1.82, 2.24) is 20.4 Å². The second kappa shape index (κ2) is 10.9. The van der Waals surface area contributed by atoms with Gasteiger partial charge in [0.2, 0.25) is 11.8 Å². The number of ether oxygens (including phenoxy) is 1. The third-order valence-electron chi connectivity index (χ3n) is 6.77. The molecule has 1 atom stereocenters. The maximum atomic E-state index is 13.0. The van der Waals surface area contributed by atoms with Crippen LogP contribution in [0.15, 0.2) is 36.4 Å². The summed E-state index contributed by atoms with van der Waals surface area (Å²) >= 11 is 6.28. The lowest BCUT2D eigenvalue weighted by Gasteiger charge is -2.29. The van der Waals surface area contributed by atoms with Crippen molar-refractivity contribution in [1.29, 1.82) is 0 Å². The fourth-order valence-corrected chi connectivity index (χ4v) is 5.16. The summed E-state index contributed by atoms with van der Waals surface area (Å²) in [6.45, 7) is 4.37. The number of hydrogen-bond donors (Lipinski definition) is 3. The number of rotatable bonds is 6. The van der Waals surface area contributed by atoms with E-state index in [1.165, 1.54) is 4.90 Å². The lowest BCUT2D eigenvalue weighted by Crippen LogP contribution is -2.52. The van der Waals surface area contributed by atoms with E-state index < -0.39 is 18.0 Å². The molecule has 3 heterocycles. The Morgan fingerprint density at radius 1 is 1.08 bits per heavy atom. The summed E-state index contributed by atoms with van der Waals surface area (Å²) < 4.78 is 5.39. The minimum absolute atomic E-state index is 0.210. The van der Waals surface area contributed by atoms with Gasteiger partial charge in [0.15, 0.2) is 0 Å². The van der Waals surface area contributed by atoms with E-state index >= 15 is 0 Å². The van der Waals surface area contributed by atoms with Gasteiger partial charge in [-0.25, -0.2) is 4.79 Å². The van der Waals surface area contributed by atoms with Crippen LogP contribution in [0, 0.1) is 0 Å². The van der Waals surface area contributed by atoms with Crippen LogP contribution in [0.5, 0.6) is 0 Å². The van der Waals surface area contributed by atoms with Gasteiger partial charge in [-0.1, -0.05) is 23.7 Å². The van der Waals surface area contributed by atoms with Crippen LogP contribution in [-0.4, -0.2) is 65.9 Å². The van der Waals surface area contributed by atoms with Crippen molar-refractivity contribution < 1.29 is 23.9 Å². The number of nitrogens with zero attached hydrogens (tertiary/aromatic N) is 2. The van der Waals surface area contributed by atoms with E-state index in [0.29, 0.717) is 42.5 Å². The highest BCUT2D eigenvalue weighted by Gasteiger charge is 2.39. The van der Waals surface area contributed by atoms with Gasteiger partial charge in [0, 0.05) is 55.4 Å². The number of piperidine rings is 1. The Bertz CT molecular complexity index is 1250. The van der Waals surface area contributed by atoms with E-state index in [1.807, 2.05) is 24.3 Å². The van der Waals surface area contributed by atoms with E-state index in [4.69, 9.17) is 16.3 Å². The highest BCUT2D eigenvalue weighted by atomic mass is 35.5. The maximum absolute atomic E-state index is 13.0. The molecule has 3 aliphatic heterocycles. The Kier molecular flexibility index (Phi) is 7.40. The van der Waals surface area contributed by atoms with Crippen molar-refractivity contribution in [3.63, 3.8) is 0 Å². The SMILES string of the molecule is O=C1CCC(N2Cc3ccc(CNC(=O)Nc4cc(Cl)cc(CN5CCOCC5)c4)cc3C2=O)C(=O)N1.